The molecule has 1 amide bonds. The van der Waals surface area contributed by atoms with Crippen molar-refractivity contribution in [3.63, 3.8) is 0 Å². The van der Waals surface area contributed by atoms with Gasteiger partial charge < -0.3 is 20.6 Å². The summed E-state index contributed by atoms with van der Waals surface area (Å²) in [6, 6.07) is 7.67. The van der Waals surface area contributed by atoms with Crippen LogP contribution in [0.1, 0.15) is 19.4 Å². The number of para-hydroxylation sites is 1. The Morgan fingerprint density at radius 1 is 1.57 bits per heavy atom. The summed E-state index contributed by atoms with van der Waals surface area (Å²) in [5.74, 6) is 0.627. The first kappa shape index (κ1) is 15.2. The summed E-state index contributed by atoms with van der Waals surface area (Å²) in [4.78, 5) is 14.2. The minimum Gasteiger partial charge on any atom is -0.480 e. The lowest BCUT2D eigenvalue weighted by atomic mass is 10.1. The van der Waals surface area contributed by atoms with E-state index in [1.807, 2.05) is 38.1 Å². The normalized spacial score (nSPS) is 18.8. The Labute approximate surface area is 124 Å². The molecule has 0 saturated carbocycles. The van der Waals surface area contributed by atoms with Crippen LogP contribution < -0.4 is 10.5 Å². The van der Waals surface area contributed by atoms with E-state index < -0.39 is 6.10 Å². The number of hydrogen-bond acceptors (Lipinski definition) is 4. The number of nitrogens with zero attached hydrogens (tertiary/aromatic N) is 2. The zero-order valence-electron chi connectivity index (χ0n) is 12.3. The Hall–Kier alpha value is -2.24. The summed E-state index contributed by atoms with van der Waals surface area (Å²) in [5, 5.41) is 11.7. The fraction of sp³-hybridized carbons (Fsp3) is 0.467. The van der Waals surface area contributed by atoms with Gasteiger partial charge in [-0.05, 0) is 18.6 Å². The lowest BCUT2D eigenvalue weighted by Crippen LogP contribution is -2.45. The molecule has 0 saturated heterocycles. The van der Waals surface area contributed by atoms with Gasteiger partial charge in [0.05, 0.1) is 0 Å². The predicted octanol–water partition coefficient (Wildman–Crippen LogP) is 1.22. The number of amides is 1. The molecule has 0 fully saturated rings. The van der Waals surface area contributed by atoms with Crippen LogP contribution in [-0.2, 0) is 11.2 Å². The number of fused-ring (bicyclic) bond motifs is 1. The Bertz CT molecular complexity index is 520. The summed E-state index contributed by atoms with van der Waals surface area (Å²) in [5.41, 5.74) is 6.63. The molecule has 0 aliphatic carbocycles. The highest BCUT2D eigenvalue weighted by atomic mass is 16.5. The number of carbonyl (C=O) groups is 1. The summed E-state index contributed by atoms with van der Waals surface area (Å²) in [6.07, 6.45) is 0.102. The van der Waals surface area contributed by atoms with Crippen molar-refractivity contribution < 1.29 is 14.7 Å². The van der Waals surface area contributed by atoms with E-state index in [1.165, 1.54) is 0 Å². The van der Waals surface area contributed by atoms with E-state index in [2.05, 4.69) is 5.16 Å². The highest BCUT2D eigenvalue weighted by Crippen LogP contribution is 2.29. The molecule has 2 atom stereocenters. The average Bonchev–Trinajstić information content (AvgIpc) is 2.94. The molecular weight excluding hydrogens is 270 g/mol. The maximum absolute atomic E-state index is 12.5. The van der Waals surface area contributed by atoms with Crippen LogP contribution in [-0.4, -0.2) is 41.0 Å². The second-order valence-electron chi connectivity index (χ2n) is 5.22. The maximum Gasteiger partial charge on any atom is 0.264 e. The first-order valence-corrected chi connectivity index (χ1v) is 7.07. The molecule has 3 N–H and O–H groups in total. The van der Waals surface area contributed by atoms with Gasteiger partial charge in [0.2, 0.25) is 0 Å². The van der Waals surface area contributed by atoms with Crippen LogP contribution in [0.5, 0.6) is 5.75 Å². The molecular formula is C15H21N3O3. The number of ether oxygens (including phenoxy) is 1. The number of benzene rings is 1. The number of amidine groups is 1. The zero-order valence-corrected chi connectivity index (χ0v) is 12.3. The highest BCUT2D eigenvalue weighted by Gasteiger charge is 2.32. The van der Waals surface area contributed by atoms with Crippen molar-refractivity contribution in [3.05, 3.63) is 29.8 Å². The number of rotatable bonds is 5. The SMILES string of the molecule is CCN(CC(C)C(N)=NO)C(=O)C1Cc2ccccc2O1. The van der Waals surface area contributed by atoms with Gasteiger partial charge in [0.25, 0.3) is 5.91 Å². The number of likely N-dealkylation sites (N-methyl/N-ethyl adjacent to an activating group) is 1. The monoisotopic (exact) mass is 291 g/mol. The van der Waals surface area contributed by atoms with Crippen LogP contribution in [0, 0.1) is 5.92 Å². The molecule has 0 spiro atoms. The van der Waals surface area contributed by atoms with Gasteiger partial charge in [0.1, 0.15) is 11.6 Å². The standard InChI is InChI=1S/C15H21N3O3/c1-3-18(9-10(2)14(16)17-20)15(19)13-8-11-6-4-5-7-12(11)21-13/h4-7,10,13,20H,3,8-9H2,1-2H3,(H2,16,17). The predicted molar refractivity (Wildman–Crippen MR) is 79.4 cm³/mol. The topological polar surface area (TPSA) is 88.1 Å². The van der Waals surface area contributed by atoms with Crippen molar-refractivity contribution in [2.24, 2.45) is 16.8 Å². The number of nitrogens with two attached hydrogens (primary N) is 1. The molecule has 114 valence electrons. The molecule has 2 unspecified atom stereocenters. The molecule has 0 radical (unpaired) electrons. The number of oxime groups is 1. The second-order valence-corrected chi connectivity index (χ2v) is 5.22. The van der Waals surface area contributed by atoms with Crippen LogP contribution in [0.15, 0.2) is 29.4 Å². The number of carbonyl (C=O) groups excluding carboxylic acids is 1. The maximum atomic E-state index is 12.5. The van der Waals surface area contributed by atoms with Gasteiger partial charge >= 0.3 is 0 Å². The summed E-state index contributed by atoms with van der Waals surface area (Å²) in [7, 11) is 0. The van der Waals surface area contributed by atoms with E-state index in [4.69, 9.17) is 15.7 Å². The average molecular weight is 291 g/mol. The Kier molecular flexibility index (Phi) is 4.67. The van der Waals surface area contributed by atoms with Crippen molar-refractivity contribution in [2.75, 3.05) is 13.1 Å². The van der Waals surface area contributed by atoms with Crippen LogP contribution >= 0.6 is 0 Å². The van der Waals surface area contributed by atoms with Crippen LogP contribution in [0.2, 0.25) is 0 Å². The summed E-state index contributed by atoms with van der Waals surface area (Å²) in [6.45, 7) is 4.67. The highest BCUT2D eigenvalue weighted by molar-refractivity contribution is 5.85. The quantitative estimate of drug-likeness (QED) is 0.369. The third-order valence-corrected chi connectivity index (χ3v) is 3.73. The zero-order chi connectivity index (χ0) is 15.4. The summed E-state index contributed by atoms with van der Waals surface area (Å²) >= 11 is 0. The molecule has 1 aromatic rings. The molecule has 6 heteroatoms. The minimum absolute atomic E-state index is 0.0636. The molecule has 0 bridgehead atoms. The van der Waals surface area contributed by atoms with Crippen molar-refractivity contribution in [1.29, 1.82) is 0 Å². The minimum atomic E-state index is -0.484. The fourth-order valence-electron chi connectivity index (χ4n) is 2.42. The van der Waals surface area contributed by atoms with Crippen molar-refractivity contribution in [3.8, 4) is 5.75 Å². The van der Waals surface area contributed by atoms with E-state index in [-0.39, 0.29) is 17.7 Å². The molecule has 6 nitrogen and oxygen atoms in total. The van der Waals surface area contributed by atoms with Gasteiger partial charge in [-0.25, -0.2) is 0 Å². The van der Waals surface area contributed by atoms with Crippen LogP contribution in [0.4, 0.5) is 0 Å². The van der Waals surface area contributed by atoms with E-state index in [0.717, 1.165) is 11.3 Å². The Morgan fingerprint density at radius 2 is 2.29 bits per heavy atom. The van der Waals surface area contributed by atoms with E-state index in [1.54, 1.807) is 4.90 Å². The first-order valence-electron chi connectivity index (χ1n) is 7.07. The lowest BCUT2D eigenvalue weighted by molar-refractivity contribution is -0.138. The van der Waals surface area contributed by atoms with Gasteiger partial charge in [0.15, 0.2) is 6.10 Å². The molecule has 21 heavy (non-hydrogen) atoms. The summed E-state index contributed by atoms with van der Waals surface area (Å²) < 4.78 is 5.72. The third-order valence-electron chi connectivity index (χ3n) is 3.73. The van der Waals surface area contributed by atoms with Gasteiger partial charge in [0, 0.05) is 25.4 Å². The van der Waals surface area contributed by atoms with Crippen LogP contribution in [0.3, 0.4) is 0 Å². The molecule has 1 aromatic carbocycles. The number of hydrogen-bond donors (Lipinski definition) is 2. The fourth-order valence-corrected chi connectivity index (χ4v) is 2.42. The molecule has 1 heterocycles. The van der Waals surface area contributed by atoms with Gasteiger partial charge in [-0.2, -0.15) is 0 Å². The lowest BCUT2D eigenvalue weighted by Gasteiger charge is -2.26. The Morgan fingerprint density at radius 3 is 2.90 bits per heavy atom. The van der Waals surface area contributed by atoms with Crippen molar-refractivity contribution >= 4 is 11.7 Å². The molecule has 0 aromatic heterocycles. The largest absolute Gasteiger partial charge is 0.480 e. The third kappa shape index (κ3) is 3.26. The van der Waals surface area contributed by atoms with E-state index in [9.17, 15) is 4.79 Å². The molecule has 2 rings (SSSR count). The Balaban J connectivity index is 2.02. The van der Waals surface area contributed by atoms with Crippen LogP contribution in [0.25, 0.3) is 0 Å². The van der Waals surface area contributed by atoms with Crippen molar-refractivity contribution in [2.45, 2.75) is 26.4 Å². The molecule has 1 aliphatic rings. The van der Waals surface area contributed by atoms with Crippen molar-refractivity contribution in [1.82, 2.24) is 4.90 Å². The first-order chi connectivity index (χ1) is 10.1. The smallest absolute Gasteiger partial charge is 0.264 e. The van der Waals surface area contributed by atoms with E-state index in [0.29, 0.717) is 19.5 Å². The van der Waals surface area contributed by atoms with Gasteiger partial charge in [-0.1, -0.05) is 30.3 Å². The van der Waals surface area contributed by atoms with Gasteiger partial charge in [-0.3, -0.25) is 4.79 Å². The second kappa shape index (κ2) is 6.47. The molecule has 1 aliphatic heterocycles. The van der Waals surface area contributed by atoms with E-state index >= 15 is 0 Å². The van der Waals surface area contributed by atoms with Gasteiger partial charge in [-0.15, -0.1) is 0 Å².